The minimum atomic E-state index is 0.864. The Morgan fingerprint density at radius 1 is 1.15 bits per heavy atom. The van der Waals surface area contributed by atoms with Gasteiger partial charge in [0.2, 0.25) is 0 Å². The fraction of sp³-hybridized carbons (Fsp3) is 0.111. The van der Waals surface area contributed by atoms with Crippen LogP contribution in [-0.2, 0) is 0 Å². The quantitative estimate of drug-likeness (QED) is 0.619. The summed E-state index contributed by atoms with van der Waals surface area (Å²) in [7, 11) is 1.66. The van der Waals surface area contributed by atoms with Crippen molar-refractivity contribution in [1.82, 2.24) is 16.4 Å². The molecule has 0 amide bonds. The van der Waals surface area contributed by atoms with Crippen LogP contribution in [0.5, 0.6) is 5.75 Å². The summed E-state index contributed by atoms with van der Waals surface area (Å²) in [5.74, 6) is 0.864. The highest BCUT2D eigenvalue weighted by Gasteiger charge is 2.04. The molecule has 0 aliphatic carbocycles. The van der Waals surface area contributed by atoms with E-state index in [0.29, 0.717) is 0 Å². The third kappa shape index (κ3) is 1.57. The molecule has 1 aliphatic rings. The number of ether oxygens (including phenoxy) is 1. The van der Waals surface area contributed by atoms with Gasteiger partial charge in [0.25, 0.3) is 0 Å². The monoisotopic (exact) mass is 177 g/mol. The first-order chi connectivity index (χ1) is 6.40. The Balaban J connectivity index is 2.22. The molecule has 4 heteroatoms. The van der Waals surface area contributed by atoms with Crippen LogP contribution >= 0.6 is 0 Å². The lowest BCUT2D eigenvalue weighted by atomic mass is 10.2. The Morgan fingerprint density at radius 3 is 2.46 bits per heavy atom. The van der Waals surface area contributed by atoms with Crippen molar-refractivity contribution in [3.63, 3.8) is 0 Å². The Hall–Kier alpha value is -1.68. The van der Waals surface area contributed by atoms with E-state index >= 15 is 0 Å². The minimum absolute atomic E-state index is 0.864. The third-order valence-corrected chi connectivity index (χ3v) is 1.89. The van der Waals surface area contributed by atoms with Crippen LogP contribution in [0.4, 0.5) is 0 Å². The van der Waals surface area contributed by atoms with Crippen LogP contribution in [-0.4, -0.2) is 7.11 Å². The maximum Gasteiger partial charge on any atom is 0.118 e. The van der Waals surface area contributed by atoms with Gasteiger partial charge >= 0.3 is 0 Å². The topological polar surface area (TPSA) is 45.3 Å². The van der Waals surface area contributed by atoms with Crippen molar-refractivity contribution in [1.29, 1.82) is 0 Å². The van der Waals surface area contributed by atoms with E-state index in [-0.39, 0.29) is 0 Å². The predicted octanol–water partition coefficient (Wildman–Crippen LogP) is 0.606. The third-order valence-electron chi connectivity index (χ3n) is 1.89. The molecule has 13 heavy (non-hydrogen) atoms. The van der Waals surface area contributed by atoms with Crippen molar-refractivity contribution in [2.24, 2.45) is 0 Å². The molecule has 0 saturated carbocycles. The van der Waals surface area contributed by atoms with Crippen LogP contribution in [0.15, 0.2) is 30.5 Å². The zero-order valence-electron chi connectivity index (χ0n) is 7.29. The zero-order valence-corrected chi connectivity index (χ0v) is 7.29. The number of benzene rings is 1. The van der Waals surface area contributed by atoms with Crippen molar-refractivity contribution in [3.8, 4) is 5.75 Å². The summed E-state index contributed by atoms with van der Waals surface area (Å²) in [6.07, 6.45) is 1.86. The summed E-state index contributed by atoms with van der Waals surface area (Å²) in [5.41, 5.74) is 10.7. The molecule has 2 rings (SSSR count). The summed E-state index contributed by atoms with van der Waals surface area (Å²) in [6.45, 7) is 0. The van der Waals surface area contributed by atoms with Crippen molar-refractivity contribution in [3.05, 3.63) is 36.0 Å². The van der Waals surface area contributed by atoms with Crippen molar-refractivity contribution < 1.29 is 4.74 Å². The van der Waals surface area contributed by atoms with Crippen LogP contribution in [0.1, 0.15) is 5.56 Å². The highest BCUT2D eigenvalue weighted by atomic mass is 16.5. The molecule has 0 spiro atoms. The highest BCUT2D eigenvalue weighted by molar-refractivity contribution is 5.64. The van der Waals surface area contributed by atoms with Gasteiger partial charge in [0, 0.05) is 11.8 Å². The number of hydrazine groups is 2. The summed E-state index contributed by atoms with van der Waals surface area (Å²) >= 11 is 0. The second kappa shape index (κ2) is 3.37. The Labute approximate surface area is 76.5 Å². The molecule has 68 valence electrons. The molecule has 0 fully saturated rings. The van der Waals surface area contributed by atoms with Gasteiger partial charge < -0.3 is 15.6 Å². The SMILES string of the molecule is COc1ccc(C2=CNNN2)cc1. The molecule has 0 saturated heterocycles. The van der Waals surface area contributed by atoms with E-state index in [1.54, 1.807) is 7.11 Å². The minimum Gasteiger partial charge on any atom is -0.497 e. The zero-order chi connectivity index (χ0) is 9.10. The van der Waals surface area contributed by atoms with Gasteiger partial charge in [-0.05, 0) is 24.3 Å². The van der Waals surface area contributed by atoms with E-state index in [4.69, 9.17) is 4.74 Å². The molecule has 0 aromatic heterocycles. The molecular weight excluding hydrogens is 166 g/mol. The Kier molecular flexibility index (Phi) is 2.06. The van der Waals surface area contributed by atoms with E-state index in [1.165, 1.54) is 0 Å². The predicted molar refractivity (Wildman–Crippen MR) is 50.4 cm³/mol. The van der Waals surface area contributed by atoms with Gasteiger partial charge in [-0.2, -0.15) is 5.53 Å². The molecule has 0 bridgehead atoms. The molecule has 1 aromatic carbocycles. The molecule has 1 heterocycles. The largest absolute Gasteiger partial charge is 0.497 e. The van der Waals surface area contributed by atoms with E-state index < -0.39 is 0 Å². The molecule has 0 unspecified atom stereocenters. The fourth-order valence-electron chi connectivity index (χ4n) is 1.17. The molecule has 4 nitrogen and oxygen atoms in total. The molecule has 3 N–H and O–H groups in total. The molecule has 1 aromatic rings. The second-order valence-corrected chi connectivity index (χ2v) is 2.68. The summed E-state index contributed by atoms with van der Waals surface area (Å²) in [6, 6.07) is 7.84. The highest BCUT2D eigenvalue weighted by Crippen LogP contribution is 2.16. The van der Waals surface area contributed by atoms with Gasteiger partial charge in [-0.15, -0.1) is 0 Å². The van der Waals surface area contributed by atoms with Gasteiger partial charge in [-0.3, -0.25) is 0 Å². The van der Waals surface area contributed by atoms with Gasteiger partial charge in [-0.25, -0.2) is 0 Å². The van der Waals surface area contributed by atoms with Gasteiger partial charge in [0.15, 0.2) is 0 Å². The van der Waals surface area contributed by atoms with Gasteiger partial charge in [0.05, 0.1) is 12.8 Å². The van der Waals surface area contributed by atoms with Crippen LogP contribution in [0.3, 0.4) is 0 Å². The average Bonchev–Trinajstić information content (AvgIpc) is 2.71. The van der Waals surface area contributed by atoms with Crippen LogP contribution in [0.25, 0.3) is 5.70 Å². The standard InChI is InChI=1S/C9H11N3O/c1-13-8-4-2-7(3-5-8)9-6-10-12-11-9/h2-6,10-12H,1H3. The smallest absolute Gasteiger partial charge is 0.118 e. The van der Waals surface area contributed by atoms with Crippen LogP contribution in [0, 0.1) is 0 Å². The first-order valence-electron chi connectivity index (χ1n) is 4.01. The molecule has 0 atom stereocenters. The summed E-state index contributed by atoms with van der Waals surface area (Å²) in [4.78, 5) is 0. The number of rotatable bonds is 2. The number of nitrogens with one attached hydrogen (secondary N) is 3. The number of hydrogen-bond donors (Lipinski definition) is 3. The fourth-order valence-corrected chi connectivity index (χ4v) is 1.17. The lowest BCUT2D eigenvalue weighted by Gasteiger charge is -2.04. The Bertz CT molecular complexity index is 318. The second-order valence-electron chi connectivity index (χ2n) is 2.68. The van der Waals surface area contributed by atoms with E-state index in [9.17, 15) is 0 Å². The summed E-state index contributed by atoms with van der Waals surface area (Å²) in [5, 5.41) is 0. The van der Waals surface area contributed by atoms with Crippen LogP contribution < -0.4 is 21.1 Å². The van der Waals surface area contributed by atoms with E-state index in [0.717, 1.165) is 17.0 Å². The van der Waals surface area contributed by atoms with Crippen LogP contribution in [0.2, 0.25) is 0 Å². The first-order valence-corrected chi connectivity index (χ1v) is 4.01. The lowest BCUT2D eigenvalue weighted by Crippen LogP contribution is -2.31. The maximum absolute atomic E-state index is 5.06. The average molecular weight is 177 g/mol. The first kappa shape index (κ1) is 7.94. The normalized spacial score (nSPS) is 14.4. The number of hydrogen-bond acceptors (Lipinski definition) is 4. The molecular formula is C9H11N3O. The van der Waals surface area contributed by atoms with Crippen molar-refractivity contribution >= 4 is 5.70 Å². The maximum atomic E-state index is 5.06. The van der Waals surface area contributed by atoms with Crippen molar-refractivity contribution in [2.75, 3.05) is 7.11 Å². The van der Waals surface area contributed by atoms with Crippen molar-refractivity contribution in [2.45, 2.75) is 0 Å². The summed E-state index contributed by atoms with van der Waals surface area (Å²) < 4.78 is 5.06. The van der Waals surface area contributed by atoms with E-state index in [2.05, 4.69) is 16.4 Å². The molecule has 1 aliphatic heterocycles. The molecule has 0 radical (unpaired) electrons. The Morgan fingerprint density at radius 2 is 1.92 bits per heavy atom. The van der Waals surface area contributed by atoms with E-state index in [1.807, 2.05) is 30.5 Å². The van der Waals surface area contributed by atoms with Gasteiger partial charge in [0.1, 0.15) is 5.75 Å². The van der Waals surface area contributed by atoms with Gasteiger partial charge in [-0.1, -0.05) is 0 Å². The lowest BCUT2D eigenvalue weighted by molar-refractivity contribution is 0.415. The number of methoxy groups -OCH3 is 1.